The summed E-state index contributed by atoms with van der Waals surface area (Å²) in [7, 11) is 0. The van der Waals surface area contributed by atoms with Crippen LogP contribution in [0.15, 0.2) is 77.8 Å². The molecule has 5 nitrogen and oxygen atoms in total. The minimum Gasteiger partial charge on any atom is -0.485 e. The lowest BCUT2D eigenvalue weighted by Gasteiger charge is -2.21. The summed E-state index contributed by atoms with van der Waals surface area (Å²) >= 11 is 0. The molecule has 3 aromatic carbocycles. The number of amidine groups is 1. The van der Waals surface area contributed by atoms with Gasteiger partial charge in [-0.25, -0.2) is 0 Å². The van der Waals surface area contributed by atoms with E-state index in [1.54, 1.807) is 0 Å². The summed E-state index contributed by atoms with van der Waals surface area (Å²) in [5.41, 5.74) is 8.57. The van der Waals surface area contributed by atoms with Crippen LogP contribution in [0.5, 0.6) is 17.2 Å². The second-order valence-corrected chi connectivity index (χ2v) is 7.27. The Kier molecular flexibility index (Phi) is 6.18. The zero-order valence-corrected chi connectivity index (χ0v) is 17.3. The van der Waals surface area contributed by atoms with E-state index in [1.807, 2.05) is 66.7 Å². The van der Waals surface area contributed by atoms with Crippen LogP contribution in [0.4, 0.5) is 5.69 Å². The van der Waals surface area contributed by atoms with E-state index >= 15 is 0 Å². The summed E-state index contributed by atoms with van der Waals surface area (Å²) in [5, 5.41) is 0. The molecule has 4 rings (SSSR count). The van der Waals surface area contributed by atoms with Gasteiger partial charge in [0.25, 0.3) is 0 Å². The number of hydrogen-bond acceptors (Lipinski definition) is 5. The van der Waals surface area contributed by atoms with Gasteiger partial charge in [-0.2, -0.15) is 0 Å². The highest BCUT2D eigenvalue weighted by Gasteiger charge is 2.21. The molecule has 0 saturated carbocycles. The van der Waals surface area contributed by atoms with Crippen LogP contribution in [0.3, 0.4) is 0 Å². The lowest BCUT2D eigenvalue weighted by atomic mass is 10.1. The monoisotopic (exact) mass is 401 g/mol. The third kappa shape index (κ3) is 4.57. The van der Waals surface area contributed by atoms with Gasteiger partial charge in [0.1, 0.15) is 18.2 Å². The Balaban J connectivity index is 1.55. The lowest BCUT2D eigenvalue weighted by Crippen LogP contribution is -2.29. The largest absolute Gasteiger partial charge is 0.485 e. The smallest absolute Gasteiger partial charge is 0.169 e. The van der Waals surface area contributed by atoms with Crippen LogP contribution in [0.25, 0.3) is 0 Å². The zero-order chi connectivity index (χ0) is 20.8. The summed E-state index contributed by atoms with van der Waals surface area (Å²) in [6.45, 7) is 5.41. The number of nitrogen functional groups attached to an aromatic ring is 1. The standard InChI is InChI=1S/C25H27N3O2/c1-2-16-28-17-15-27-25(28)21-7-3-4-8-22(21)30-24-10-6-5-9-23(24)29-18-19-11-13-20(26)14-12-19/h3-14H,2,15-18,26H2,1H3. The first-order valence-electron chi connectivity index (χ1n) is 10.4. The number of hydrogen-bond donors (Lipinski definition) is 1. The van der Waals surface area contributed by atoms with Crippen molar-refractivity contribution in [1.82, 2.24) is 4.90 Å². The predicted molar refractivity (Wildman–Crippen MR) is 121 cm³/mol. The van der Waals surface area contributed by atoms with E-state index in [4.69, 9.17) is 20.2 Å². The first-order chi connectivity index (χ1) is 14.7. The highest BCUT2D eigenvalue weighted by atomic mass is 16.5. The van der Waals surface area contributed by atoms with Crippen molar-refractivity contribution in [1.29, 1.82) is 0 Å². The van der Waals surface area contributed by atoms with Crippen LogP contribution in [0.2, 0.25) is 0 Å². The Morgan fingerprint density at radius 2 is 1.60 bits per heavy atom. The van der Waals surface area contributed by atoms with Crippen molar-refractivity contribution in [3.8, 4) is 17.2 Å². The Hall–Kier alpha value is -3.47. The molecule has 5 heteroatoms. The molecule has 30 heavy (non-hydrogen) atoms. The van der Waals surface area contributed by atoms with E-state index in [2.05, 4.69) is 17.9 Å². The molecule has 0 atom stereocenters. The molecular formula is C25H27N3O2. The van der Waals surface area contributed by atoms with Crippen molar-refractivity contribution < 1.29 is 9.47 Å². The van der Waals surface area contributed by atoms with Gasteiger partial charge in [0.15, 0.2) is 11.5 Å². The van der Waals surface area contributed by atoms with Crippen molar-refractivity contribution in [2.75, 3.05) is 25.4 Å². The first-order valence-corrected chi connectivity index (χ1v) is 10.4. The molecule has 0 bridgehead atoms. The lowest BCUT2D eigenvalue weighted by molar-refractivity contribution is 0.291. The van der Waals surface area contributed by atoms with Gasteiger partial charge in [0, 0.05) is 18.8 Å². The average molecular weight is 402 g/mol. The van der Waals surface area contributed by atoms with E-state index in [-0.39, 0.29) is 0 Å². The molecule has 0 unspecified atom stereocenters. The van der Waals surface area contributed by atoms with Crippen molar-refractivity contribution >= 4 is 11.5 Å². The number of rotatable bonds is 8. The molecule has 0 aliphatic carbocycles. The summed E-state index contributed by atoms with van der Waals surface area (Å²) in [4.78, 5) is 7.06. The van der Waals surface area contributed by atoms with E-state index in [0.29, 0.717) is 18.1 Å². The average Bonchev–Trinajstić information content (AvgIpc) is 3.23. The molecule has 154 valence electrons. The Bertz CT molecular complexity index is 1010. The Labute approximate surface area is 177 Å². The summed E-state index contributed by atoms with van der Waals surface area (Å²) in [6.07, 6.45) is 1.09. The SMILES string of the molecule is CCCN1CCN=C1c1ccccc1Oc1ccccc1OCc1ccc(N)cc1. The molecular weight excluding hydrogens is 374 g/mol. The minimum absolute atomic E-state index is 0.444. The molecule has 3 aromatic rings. The molecule has 1 aliphatic heterocycles. The quantitative estimate of drug-likeness (QED) is 0.533. The zero-order valence-electron chi connectivity index (χ0n) is 17.3. The van der Waals surface area contributed by atoms with E-state index in [1.165, 1.54) is 0 Å². The molecule has 0 saturated heterocycles. The molecule has 1 heterocycles. The van der Waals surface area contributed by atoms with Gasteiger partial charge < -0.3 is 20.1 Å². The van der Waals surface area contributed by atoms with E-state index in [0.717, 1.165) is 54.5 Å². The number of anilines is 1. The molecule has 0 aromatic heterocycles. The van der Waals surface area contributed by atoms with Crippen LogP contribution in [-0.2, 0) is 6.61 Å². The third-order valence-corrected chi connectivity index (χ3v) is 5.00. The van der Waals surface area contributed by atoms with Gasteiger partial charge in [-0.05, 0) is 48.4 Å². The molecule has 2 N–H and O–H groups in total. The van der Waals surface area contributed by atoms with Crippen LogP contribution < -0.4 is 15.2 Å². The third-order valence-electron chi connectivity index (χ3n) is 5.00. The minimum atomic E-state index is 0.444. The molecule has 0 radical (unpaired) electrons. The van der Waals surface area contributed by atoms with Gasteiger partial charge in [-0.3, -0.25) is 4.99 Å². The van der Waals surface area contributed by atoms with Gasteiger partial charge in [0.2, 0.25) is 0 Å². The molecule has 1 aliphatic rings. The first kappa shape index (κ1) is 19.8. The van der Waals surface area contributed by atoms with Gasteiger partial charge in [-0.1, -0.05) is 43.3 Å². The fraction of sp³-hybridized carbons (Fsp3) is 0.240. The Morgan fingerprint density at radius 3 is 2.37 bits per heavy atom. The highest BCUT2D eigenvalue weighted by molar-refractivity contribution is 6.02. The summed E-state index contributed by atoms with van der Waals surface area (Å²) < 4.78 is 12.4. The van der Waals surface area contributed by atoms with Crippen molar-refractivity contribution in [2.45, 2.75) is 20.0 Å². The van der Waals surface area contributed by atoms with Crippen LogP contribution in [-0.4, -0.2) is 30.4 Å². The maximum absolute atomic E-state index is 6.33. The number of nitrogens with zero attached hydrogens (tertiary/aromatic N) is 2. The number of ether oxygens (including phenoxy) is 2. The van der Waals surface area contributed by atoms with Gasteiger partial charge >= 0.3 is 0 Å². The fourth-order valence-electron chi connectivity index (χ4n) is 3.51. The topological polar surface area (TPSA) is 60.1 Å². The molecule has 0 spiro atoms. The second kappa shape index (κ2) is 9.35. The number of para-hydroxylation sites is 3. The molecule has 0 amide bonds. The Morgan fingerprint density at radius 1 is 0.900 bits per heavy atom. The van der Waals surface area contributed by atoms with Crippen molar-refractivity contribution in [3.05, 3.63) is 83.9 Å². The van der Waals surface area contributed by atoms with Gasteiger partial charge in [-0.15, -0.1) is 0 Å². The van der Waals surface area contributed by atoms with Crippen LogP contribution in [0, 0.1) is 0 Å². The normalized spacial score (nSPS) is 13.2. The maximum atomic E-state index is 6.33. The highest BCUT2D eigenvalue weighted by Crippen LogP contribution is 2.34. The van der Waals surface area contributed by atoms with Crippen LogP contribution >= 0.6 is 0 Å². The van der Waals surface area contributed by atoms with Crippen LogP contribution in [0.1, 0.15) is 24.5 Å². The second-order valence-electron chi connectivity index (χ2n) is 7.27. The number of aliphatic imine (C=N–C) groups is 1. The predicted octanol–water partition coefficient (Wildman–Crippen LogP) is 5.11. The number of benzene rings is 3. The summed E-state index contributed by atoms with van der Waals surface area (Å²) in [6, 6.07) is 23.5. The van der Waals surface area contributed by atoms with Gasteiger partial charge in [0.05, 0.1) is 12.1 Å². The van der Waals surface area contributed by atoms with E-state index in [9.17, 15) is 0 Å². The van der Waals surface area contributed by atoms with Crippen molar-refractivity contribution in [3.63, 3.8) is 0 Å². The summed E-state index contributed by atoms with van der Waals surface area (Å²) in [5.74, 6) is 3.17. The van der Waals surface area contributed by atoms with E-state index < -0.39 is 0 Å². The van der Waals surface area contributed by atoms with Crippen molar-refractivity contribution in [2.24, 2.45) is 4.99 Å². The number of nitrogens with two attached hydrogens (primary N) is 1. The fourth-order valence-corrected chi connectivity index (χ4v) is 3.51. The maximum Gasteiger partial charge on any atom is 0.169 e. The molecule has 0 fully saturated rings.